The molecule has 12 heavy (non-hydrogen) atoms. The van der Waals surface area contributed by atoms with E-state index in [-0.39, 0.29) is 0 Å². The summed E-state index contributed by atoms with van der Waals surface area (Å²) in [7, 11) is 0. The van der Waals surface area contributed by atoms with Crippen LogP contribution in [0.1, 0.15) is 19.1 Å². The van der Waals surface area contributed by atoms with Gasteiger partial charge in [0, 0.05) is 6.42 Å². The lowest BCUT2D eigenvalue weighted by atomic mass is 10.2. The fourth-order valence-corrected chi connectivity index (χ4v) is 1.45. The summed E-state index contributed by atoms with van der Waals surface area (Å²) in [6.07, 6.45) is 3.84. The quantitative estimate of drug-likeness (QED) is 0.789. The van der Waals surface area contributed by atoms with E-state index in [9.17, 15) is 0 Å². The first kappa shape index (κ1) is 9.81. The predicted octanol–water partition coefficient (Wildman–Crippen LogP) is 2.58. The lowest BCUT2D eigenvalue weighted by Crippen LogP contribution is -2.14. The molecule has 1 N–H and O–H groups in total. The van der Waals surface area contributed by atoms with E-state index in [4.69, 9.17) is 4.42 Å². The van der Waals surface area contributed by atoms with Gasteiger partial charge >= 0.3 is 0 Å². The number of furan rings is 1. The van der Waals surface area contributed by atoms with Crippen molar-refractivity contribution in [2.75, 3.05) is 13.1 Å². The van der Waals surface area contributed by atoms with E-state index in [1.165, 1.54) is 0 Å². The Balaban J connectivity index is 2.20. The van der Waals surface area contributed by atoms with Gasteiger partial charge in [-0.1, -0.05) is 6.92 Å². The molecule has 0 fully saturated rings. The zero-order chi connectivity index (χ0) is 8.81. The van der Waals surface area contributed by atoms with E-state index in [1.807, 2.05) is 6.07 Å². The zero-order valence-corrected chi connectivity index (χ0v) is 8.86. The van der Waals surface area contributed by atoms with Crippen LogP contribution in [0.4, 0.5) is 0 Å². The standard InChI is InChI=1S/C9H14BrNO/c1-2-11-6-3-4-9-8(10)5-7-12-9/h5,7,11H,2-4,6H2,1H3. The molecule has 0 radical (unpaired) electrons. The van der Waals surface area contributed by atoms with E-state index >= 15 is 0 Å². The normalized spacial score (nSPS) is 10.5. The molecule has 1 aromatic heterocycles. The molecule has 0 saturated heterocycles. The van der Waals surface area contributed by atoms with Gasteiger partial charge in [-0.25, -0.2) is 0 Å². The molecule has 0 spiro atoms. The average molecular weight is 232 g/mol. The van der Waals surface area contributed by atoms with Gasteiger partial charge in [0.1, 0.15) is 5.76 Å². The Kier molecular flexibility index (Phi) is 4.40. The molecule has 0 bridgehead atoms. The van der Waals surface area contributed by atoms with Gasteiger partial charge in [-0.05, 0) is 41.5 Å². The number of hydrogen-bond donors (Lipinski definition) is 1. The van der Waals surface area contributed by atoms with Gasteiger partial charge in [0.25, 0.3) is 0 Å². The van der Waals surface area contributed by atoms with Crippen molar-refractivity contribution in [1.82, 2.24) is 5.32 Å². The number of rotatable bonds is 5. The Morgan fingerprint density at radius 1 is 1.58 bits per heavy atom. The molecule has 0 atom stereocenters. The molecule has 3 heteroatoms. The second-order valence-corrected chi connectivity index (χ2v) is 3.50. The summed E-state index contributed by atoms with van der Waals surface area (Å²) >= 11 is 3.42. The molecule has 1 heterocycles. The number of halogens is 1. The maximum Gasteiger partial charge on any atom is 0.117 e. The maximum atomic E-state index is 5.27. The topological polar surface area (TPSA) is 25.2 Å². The highest BCUT2D eigenvalue weighted by Gasteiger charge is 2.01. The van der Waals surface area contributed by atoms with Crippen molar-refractivity contribution in [3.05, 3.63) is 22.6 Å². The summed E-state index contributed by atoms with van der Waals surface area (Å²) in [5, 5.41) is 3.27. The van der Waals surface area contributed by atoms with E-state index in [0.29, 0.717) is 0 Å². The minimum absolute atomic E-state index is 1.00. The fraction of sp³-hybridized carbons (Fsp3) is 0.556. The van der Waals surface area contributed by atoms with Crippen molar-refractivity contribution in [1.29, 1.82) is 0 Å². The van der Waals surface area contributed by atoms with Gasteiger partial charge in [-0.15, -0.1) is 0 Å². The Labute approximate surface area is 81.5 Å². The molecule has 0 amide bonds. The first-order valence-corrected chi connectivity index (χ1v) is 5.06. The van der Waals surface area contributed by atoms with Crippen molar-refractivity contribution in [2.24, 2.45) is 0 Å². The summed E-state index contributed by atoms with van der Waals surface area (Å²) in [6.45, 7) is 4.21. The number of hydrogen-bond acceptors (Lipinski definition) is 2. The summed E-state index contributed by atoms with van der Waals surface area (Å²) in [6, 6.07) is 1.93. The molecule has 0 aliphatic heterocycles. The van der Waals surface area contributed by atoms with Crippen LogP contribution in [0, 0.1) is 0 Å². The third-order valence-corrected chi connectivity index (χ3v) is 2.41. The third-order valence-electron chi connectivity index (χ3n) is 1.70. The van der Waals surface area contributed by atoms with Crippen LogP contribution in [0.2, 0.25) is 0 Å². The molecular formula is C9H14BrNO. The highest BCUT2D eigenvalue weighted by Crippen LogP contribution is 2.18. The Morgan fingerprint density at radius 3 is 3.00 bits per heavy atom. The van der Waals surface area contributed by atoms with Gasteiger partial charge in [-0.2, -0.15) is 0 Å². The molecule has 0 aromatic carbocycles. The number of nitrogens with one attached hydrogen (secondary N) is 1. The van der Waals surface area contributed by atoms with Crippen molar-refractivity contribution in [3.63, 3.8) is 0 Å². The molecule has 0 unspecified atom stereocenters. The smallest absolute Gasteiger partial charge is 0.117 e. The lowest BCUT2D eigenvalue weighted by Gasteiger charge is -1.99. The molecule has 0 aliphatic carbocycles. The van der Waals surface area contributed by atoms with Gasteiger partial charge in [-0.3, -0.25) is 0 Å². The van der Waals surface area contributed by atoms with E-state index < -0.39 is 0 Å². The Bertz CT molecular complexity index is 222. The van der Waals surface area contributed by atoms with Crippen LogP contribution >= 0.6 is 15.9 Å². The minimum atomic E-state index is 1.00. The summed E-state index contributed by atoms with van der Waals surface area (Å²) in [5.41, 5.74) is 0. The second kappa shape index (κ2) is 5.38. The third kappa shape index (κ3) is 2.99. The summed E-state index contributed by atoms with van der Waals surface area (Å²) in [4.78, 5) is 0. The summed E-state index contributed by atoms with van der Waals surface area (Å²) in [5.74, 6) is 1.05. The van der Waals surface area contributed by atoms with Crippen LogP contribution in [0.3, 0.4) is 0 Å². The minimum Gasteiger partial charge on any atom is -0.468 e. The van der Waals surface area contributed by atoms with Crippen molar-refractivity contribution < 1.29 is 4.42 Å². The fourth-order valence-electron chi connectivity index (χ4n) is 1.05. The summed E-state index contributed by atoms with van der Waals surface area (Å²) < 4.78 is 6.35. The Hall–Kier alpha value is -0.280. The van der Waals surface area contributed by atoms with Crippen LogP contribution in [0.15, 0.2) is 21.2 Å². The average Bonchev–Trinajstić information content (AvgIpc) is 2.46. The molecule has 68 valence electrons. The van der Waals surface area contributed by atoms with E-state index in [1.54, 1.807) is 6.26 Å². The van der Waals surface area contributed by atoms with Gasteiger partial charge in [0.05, 0.1) is 10.7 Å². The SMILES string of the molecule is CCNCCCc1occc1Br. The van der Waals surface area contributed by atoms with Crippen LogP contribution < -0.4 is 5.32 Å². The van der Waals surface area contributed by atoms with Crippen LogP contribution in [0.25, 0.3) is 0 Å². The highest BCUT2D eigenvalue weighted by molar-refractivity contribution is 9.10. The van der Waals surface area contributed by atoms with E-state index in [0.717, 1.165) is 36.2 Å². The van der Waals surface area contributed by atoms with Gasteiger partial charge in [0.15, 0.2) is 0 Å². The lowest BCUT2D eigenvalue weighted by molar-refractivity contribution is 0.495. The van der Waals surface area contributed by atoms with Crippen LogP contribution in [-0.2, 0) is 6.42 Å². The Morgan fingerprint density at radius 2 is 2.42 bits per heavy atom. The first-order valence-electron chi connectivity index (χ1n) is 4.27. The van der Waals surface area contributed by atoms with Crippen LogP contribution in [0.5, 0.6) is 0 Å². The second-order valence-electron chi connectivity index (χ2n) is 2.65. The van der Waals surface area contributed by atoms with Crippen molar-refractivity contribution in [2.45, 2.75) is 19.8 Å². The van der Waals surface area contributed by atoms with Crippen LogP contribution in [-0.4, -0.2) is 13.1 Å². The number of aryl methyl sites for hydroxylation is 1. The zero-order valence-electron chi connectivity index (χ0n) is 7.27. The molecule has 0 saturated carbocycles. The largest absolute Gasteiger partial charge is 0.468 e. The maximum absolute atomic E-state index is 5.27. The van der Waals surface area contributed by atoms with Gasteiger partial charge in [0.2, 0.25) is 0 Å². The molecule has 0 aliphatic rings. The van der Waals surface area contributed by atoms with Gasteiger partial charge < -0.3 is 9.73 Å². The highest BCUT2D eigenvalue weighted by atomic mass is 79.9. The van der Waals surface area contributed by atoms with Crippen molar-refractivity contribution >= 4 is 15.9 Å². The first-order chi connectivity index (χ1) is 5.84. The molecule has 1 aromatic rings. The predicted molar refractivity (Wildman–Crippen MR) is 53.3 cm³/mol. The molecular weight excluding hydrogens is 218 g/mol. The molecule has 1 rings (SSSR count). The van der Waals surface area contributed by atoms with Crippen molar-refractivity contribution in [3.8, 4) is 0 Å². The molecule has 2 nitrogen and oxygen atoms in total. The van der Waals surface area contributed by atoms with E-state index in [2.05, 4.69) is 28.2 Å². The monoisotopic (exact) mass is 231 g/mol.